The number of carbonyl (C=O) groups is 1. The molecule has 0 saturated heterocycles. The Balaban J connectivity index is 2.21. The number of rotatable bonds is 4. The molecule has 1 aromatic rings. The van der Waals surface area contributed by atoms with Crippen LogP contribution < -0.4 is 4.74 Å². The van der Waals surface area contributed by atoms with Gasteiger partial charge in [-0.3, -0.25) is 4.79 Å². The average molecular weight is 272 g/mol. The van der Waals surface area contributed by atoms with Crippen LogP contribution in [0.25, 0.3) is 6.08 Å². The van der Waals surface area contributed by atoms with Gasteiger partial charge in [-0.15, -0.1) is 0 Å². The first-order valence-electron chi connectivity index (χ1n) is 5.82. The lowest BCUT2D eigenvalue weighted by atomic mass is 10.1. The van der Waals surface area contributed by atoms with E-state index in [0.29, 0.717) is 23.0 Å². The molecule has 0 saturated carbocycles. The van der Waals surface area contributed by atoms with Gasteiger partial charge in [0.15, 0.2) is 0 Å². The Hall–Kier alpha value is -2.06. The number of aliphatic imine (C=N–C) groups is 1. The van der Waals surface area contributed by atoms with E-state index in [1.54, 1.807) is 6.08 Å². The van der Waals surface area contributed by atoms with Crippen molar-refractivity contribution < 1.29 is 9.53 Å². The maximum atomic E-state index is 11.1. The Kier molecular flexibility index (Phi) is 4.37. The van der Waals surface area contributed by atoms with Crippen molar-refractivity contribution >= 4 is 28.8 Å². The molecule has 0 atom stereocenters. The Morgan fingerprint density at radius 1 is 1.53 bits per heavy atom. The topological polar surface area (TPSA) is 62.4 Å². The highest BCUT2D eigenvalue weighted by molar-refractivity contribution is 8.15. The highest BCUT2D eigenvalue weighted by Gasteiger charge is 2.18. The van der Waals surface area contributed by atoms with Gasteiger partial charge in [0.1, 0.15) is 16.9 Å². The number of hydrogen-bond acceptors (Lipinski definition) is 4. The number of nitrogens with zero attached hydrogens (tertiary/aromatic N) is 2. The van der Waals surface area contributed by atoms with Crippen molar-refractivity contribution in [3.05, 3.63) is 35.4 Å². The van der Waals surface area contributed by atoms with Crippen LogP contribution in [-0.4, -0.2) is 23.3 Å². The normalized spacial score (nSPS) is 15.1. The molecule has 2 rings (SSSR count). The Bertz CT molecular complexity index is 582. The minimum absolute atomic E-state index is 0.187. The molecule has 4 nitrogen and oxygen atoms in total. The number of amides is 1. The van der Waals surface area contributed by atoms with Crippen LogP contribution in [0.3, 0.4) is 0 Å². The highest BCUT2D eigenvalue weighted by atomic mass is 32.2. The first-order chi connectivity index (χ1) is 9.22. The van der Waals surface area contributed by atoms with Gasteiger partial charge >= 0.3 is 0 Å². The standard InChI is InChI=1S/C14H12N2O2S/c1-2-18-12-5-3-10(4-6-12)7-11(8-15)14-16-13(17)9-19-14/h3-7H,2,9H2,1H3. The van der Waals surface area contributed by atoms with E-state index < -0.39 is 0 Å². The molecule has 0 N–H and O–H groups in total. The van der Waals surface area contributed by atoms with Gasteiger partial charge in [0.2, 0.25) is 0 Å². The van der Waals surface area contributed by atoms with Gasteiger partial charge in [0.05, 0.1) is 17.9 Å². The van der Waals surface area contributed by atoms with Crippen LogP contribution in [0.2, 0.25) is 0 Å². The quantitative estimate of drug-likeness (QED) is 0.790. The average Bonchev–Trinajstić information content (AvgIpc) is 2.85. The third-order valence-electron chi connectivity index (χ3n) is 2.41. The van der Waals surface area contributed by atoms with Gasteiger partial charge in [0.25, 0.3) is 5.91 Å². The fourth-order valence-corrected chi connectivity index (χ4v) is 2.33. The molecule has 0 bridgehead atoms. The summed E-state index contributed by atoms with van der Waals surface area (Å²) in [4.78, 5) is 14.9. The first-order valence-corrected chi connectivity index (χ1v) is 6.81. The van der Waals surface area contributed by atoms with E-state index in [-0.39, 0.29) is 5.91 Å². The Morgan fingerprint density at radius 2 is 2.26 bits per heavy atom. The zero-order valence-electron chi connectivity index (χ0n) is 10.4. The molecule has 5 heteroatoms. The summed E-state index contributed by atoms with van der Waals surface area (Å²) in [6, 6.07) is 9.50. The number of carbonyl (C=O) groups excluding carboxylic acids is 1. The van der Waals surface area contributed by atoms with Gasteiger partial charge in [-0.2, -0.15) is 5.26 Å². The van der Waals surface area contributed by atoms with E-state index in [4.69, 9.17) is 10.00 Å². The number of benzene rings is 1. The van der Waals surface area contributed by atoms with Crippen LogP contribution in [0, 0.1) is 11.3 Å². The predicted octanol–water partition coefficient (Wildman–Crippen LogP) is 2.66. The third kappa shape index (κ3) is 3.46. The summed E-state index contributed by atoms with van der Waals surface area (Å²) in [6.45, 7) is 2.54. The van der Waals surface area contributed by atoms with Gasteiger partial charge in [-0.05, 0) is 30.7 Å². The lowest BCUT2D eigenvalue weighted by Gasteiger charge is -2.03. The predicted molar refractivity (Wildman–Crippen MR) is 76.1 cm³/mol. The Morgan fingerprint density at radius 3 is 2.79 bits per heavy atom. The summed E-state index contributed by atoms with van der Waals surface area (Å²) < 4.78 is 5.35. The van der Waals surface area contributed by atoms with Gasteiger partial charge in [0, 0.05) is 0 Å². The molecule has 1 aliphatic rings. The van der Waals surface area contributed by atoms with Gasteiger partial charge in [-0.25, -0.2) is 4.99 Å². The van der Waals surface area contributed by atoms with Crippen LogP contribution in [0.1, 0.15) is 12.5 Å². The van der Waals surface area contributed by atoms with Crippen molar-refractivity contribution in [3.63, 3.8) is 0 Å². The lowest BCUT2D eigenvalue weighted by Crippen LogP contribution is -1.93. The summed E-state index contributed by atoms with van der Waals surface area (Å²) in [5.41, 5.74) is 1.29. The molecule has 0 unspecified atom stereocenters. The minimum atomic E-state index is -0.187. The summed E-state index contributed by atoms with van der Waals surface area (Å²) in [5, 5.41) is 9.63. The van der Waals surface area contributed by atoms with Crippen molar-refractivity contribution in [2.75, 3.05) is 12.4 Å². The molecule has 0 spiro atoms. The van der Waals surface area contributed by atoms with E-state index in [9.17, 15) is 4.79 Å². The van der Waals surface area contributed by atoms with Gasteiger partial charge < -0.3 is 4.74 Å². The second-order valence-corrected chi connectivity index (χ2v) is 4.74. The lowest BCUT2D eigenvalue weighted by molar-refractivity contribution is -0.115. The molecule has 1 amide bonds. The van der Waals surface area contributed by atoms with Gasteiger partial charge in [-0.1, -0.05) is 23.9 Å². The summed E-state index contributed by atoms with van der Waals surface area (Å²) in [5.74, 6) is 0.922. The molecule has 1 heterocycles. The van der Waals surface area contributed by atoms with Crippen molar-refractivity contribution in [3.8, 4) is 11.8 Å². The Labute approximate surface area is 115 Å². The van der Waals surface area contributed by atoms with Crippen LogP contribution in [0.5, 0.6) is 5.75 Å². The first kappa shape index (κ1) is 13.4. The monoisotopic (exact) mass is 272 g/mol. The van der Waals surface area contributed by atoms with E-state index in [0.717, 1.165) is 11.3 Å². The minimum Gasteiger partial charge on any atom is -0.494 e. The summed E-state index contributed by atoms with van der Waals surface area (Å²) in [7, 11) is 0. The van der Waals surface area contributed by atoms with E-state index in [1.165, 1.54) is 11.8 Å². The van der Waals surface area contributed by atoms with Crippen molar-refractivity contribution in [2.45, 2.75) is 6.92 Å². The second-order valence-electron chi connectivity index (χ2n) is 3.77. The summed E-state index contributed by atoms with van der Waals surface area (Å²) in [6.07, 6.45) is 1.72. The third-order valence-corrected chi connectivity index (χ3v) is 3.39. The van der Waals surface area contributed by atoms with Crippen molar-refractivity contribution in [1.29, 1.82) is 5.26 Å². The maximum Gasteiger partial charge on any atom is 0.257 e. The summed E-state index contributed by atoms with van der Waals surface area (Å²) >= 11 is 1.30. The molecular weight excluding hydrogens is 260 g/mol. The number of hydrogen-bond donors (Lipinski definition) is 0. The fraction of sp³-hybridized carbons (Fsp3) is 0.214. The molecule has 0 aromatic heterocycles. The number of thioether (sulfide) groups is 1. The molecule has 0 fully saturated rings. The molecule has 96 valence electrons. The molecule has 0 radical (unpaired) electrons. The van der Waals surface area contributed by atoms with Crippen molar-refractivity contribution in [1.82, 2.24) is 0 Å². The van der Waals surface area contributed by atoms with E-state index in [1.807, 2.05) is 31.2 Å². The van der Waals surface area contributed by atoms with Crippen LogP contribution in [0.4, 0.5) is 0 Å². The zero-order chi connectivity index (χ0) is 13.7. The number of nitriles is 1. The molecule has 0 aliphatic carbocycles. The molecule has 1 aromatic carbocycles. The van der Waals surface area contributed by atoms with Crippen LogP contribution >= 0.6 is 11.8 Å². The molecule has 19 heavy (non-hydrogen) atoms. The second kappa shape index (κ2) is 6.21. The van der Waals surface area contributed by atoms with Crippen LogP contribution in [-0.2, 0) is 4.79 Å². The van der Waals surface area contributed by atoms with Crippen LogP contribution in [0.15, 0.2) is 34.8 Å². The van der Waals surface area contributed by atoms with Crippen molar-refractivity contribution in [2.24, 2.45) is 4.99 Å². The fourth-order valence-electron chi connectivity index (χ4n) is 1.58. The number of ether oxygens (including phenoxy) is 1. The maximum absolute atomic E-state index is 11.1. The van der Waals surface area contributed by atoms with E-state index >= 15 is 0 Å². The van der Waals surface area contributed by atoms with E-state index in [2.05, 4.69) is 11.1 Å². The SMILES string of the molecule is CCOc1ccc(C=C(C#N)C2=NC(=O)CS2)cc1. The molecule has 1 aliphatic heterocycles. The zero-order valence-corrected chi connectivity index (χ0v) is 11.2. The smallest absolute Gasteiger partial charge is 0.257 e. The molecular formula is C14H12N2O2S. The largest absolute Gasteiger partial charge is 0.494 e. The highest BCUT2D eigenvalue weighted by Crippen LogP contribution is 2.22.